The predicted molar refractivity (Wildman–Crippen MR) is 49.7 cm³/mol. The fourth-order valence-electron chi connectivity index (χ4n) is 0.592. The van der Waals surface area contributed by atoms with Crippen LogP contribution in [0.4, 0.5) is 0 Å². The molecule has 0 aromatic rings. The molecule has 0 saturated heterocycles. The first-order chi connectivity index (χ1) is 5.72. The molecule has 0 rings (SSSR count). The van der Waals surface area contributed by atoms with Crippen LogP contribution in [-0.2, 0) is 9.53 Å². The second kappa shape index (κ2) is 6.40. The minimum Gasteiger partial charge on any atom is -0.458 e. The molecule has 0 aliphatic heterocycles. The summed E-state index contributed by atoms with van der Waals surface area (Å²) < 4.78 is 4.79. The van der Waals surface area contributed by atoms with Crippen LogP contribution in [0, 0.1) is 0 Å². The zero-order valence-electron chi connectivity index (χ0n) is 7.38. The summed E-state index contributed by atoms with van der Waals surface area (Å²) in [6, 6.07) is 0. The quantitative estimate of drug-likeness (QED) is 0.355. The van der Waals surface area contributed by atoms with Gasteiger partial charge in [-0.2, -0.15) is 0 Å². The van der Waals surface area contributed by atoms with Crippen LogP contribution >= 0.6 is 0 Å². The SMILES string of the molecule is C=CCC=C(C)C(=O)OCC=C. The van der Waals surface area contributed by atoms with Crippen molar-refractivity contribution in [3.8, 4) is 0 Å². The Balaban J connectivity index is 3.90. The second-order valence-electron chi connectivity index (χ2n) is 2.30. The maximum absolute atomic E-state index is 11.0. The van der Waals surface area contributed by atoms with Gasteiger partial charge in [-0.3, -0.25) is 0 Å². The Hall–Kier alpha value is -1.31. The van der Waals surface area contributed by atoms with Gasteiger partial charge < -0.3 is 4.74 Å². The number of carbonyl (C=O) groups is 1. The zero-order valence-corrected chi connectivity index (χ0v) is 7.38. The first-order valence-electron chi connectivity index (χ1n) is 3.78. The van der Waals surface area contributed by atoms with E-state index in [0.717, 1.165) is 0 Å². The smallest absolute Gasteiger partial charge is 0.333 e. The van der Waals surface area contributed by atoms with Crippen LogP contribution in [0.1, 0.15) is 13.3 Å². The monoisotopic (exact) mass is 166 g/mol. The Labute approximate surface area is 73.2 Å². The molecule has 2 heteroatoms. The Morgan fingerprint density at radius 1 is 1.42 bits per heavy atom. The summed E-state index contributed by atoms with van der Waals surface area (Å²) in [6.45, 7) is 8.96. The highest BCUT2D eigenvalue weighted by atomic mass is 16.5. The van der Waals surface area contributed by atoms with Gasteiger partial charge in [-0.15, -0.1) is 6.58 Å². The lowest BCUT2D eigenvalue weighted by Crippen LogP contribution is -2.05. The van der Waals surface area contributed by atoms with Crippen LogP contribution in [0.2, 0.25) is 0 Å². The van der Waals surface area contributed by atoms with Crippen LogP contribution in [-0.4, -0.2) is 12.6 Å². The van der Waals surface area contributed by atoms with Crippen molar-refractivity contribution < 1.29 is 9.53 Å². The maximum atomic E-state index is 11.0. The van der Waals surface area contributed by atoms with Crippen molar-refractivity contribution in [3.05, 3.63) is 37.0 Å². The normalized spacial score (nSPS) is 10.6. The minimum atomic E-state index is -0.295. The highest BCUT2D eigenvalue weighted by molar-refractivity contribution is 5.87. The number of rotatable bonds is 5. The highest BCUT2D eigenvalue weighted by Gasteiger charge is 2.02. The lowest BCUT2D eigenvalue weighted by molar-refractivity contribution is -0.137. The van der Waals surface area contributed by atoms with Crippen molar-refractivity contribution in [1.29, 1.82) is 0 Å². The van der Waals surface area contributed by atoms with Crippen molar-refractivity contribution in [2.75, 3.05) is 6.61 Å². The molecular formula is C10H14O2. The van der Waals surface area contributed by atoms with Gasteiger partial charge in [0.2, 0.25) is 0 Å². The third-order valence-electron chi connectivity index (χ3n) is 1.24. The molecule has 0 N–H and O–H groups in total. The molecule has 0 aliphatic rings. The van der Waals surface area contributed by atoms with Crippen LogP contribution < -0.4 is 0 Å². The van der Waals surface area contributed by atoms with E-state index in [2.05, 4.69) is 13.2 Å². The standard InChI is InChI=1S/C10H14O2/c1-4-6-7-9(3)10(11)12-8-5-2/h4-5,7H,1-2,6,8H2,3H3. The van der Waals surface area contributed by atoms with Crippen molar-refractivity contribution in [3.63, 3.8) is 0 Å². The van der Waals surface area contributed by atoms with E-state index in [-0.39, 0.29) is 12.6 Å². The van der Waals surface area contributed by atoms with Crippen molar-refractivity contribution in [1.82, 2.24) is 0 Å². The molecule has 0 saturated carbocycles. The van der Waals surface area contributed by atoms with E-state index >= 15 is 0 Å². The molecule has 0 atom stereocenters. The molecule has 12 heavy (non-hydrogen) atoms. The number of hydrogen-bond acceptors (Lipinski definition) is 2. The first-order valence-corrected chi connectivity index (χ1v) is 3.78. The van der Waals surface area contributed by atoms with Crippen LogP contribution in [0.15, 0.2) is 37.0 Å². The maximum Gasteiger partial charge on any atom is 0.333 e. The predicted octanol–water partition coefficient (Wildman–Crippen LogP) is 2.24. The van der Waals surface area contributed by atoms with Crippen LogP contribution in [0.5, 0.6) is 0 Å². The Morgan fingerprint density at radius 2 is 2.08 bits per heavy atom. The van der Waals surface area contributed by atoms with Crippen molar-refractivity contribution in [2.45, 2.75) is 13.3 Å². The molecule has 0 fully saturated rings. The van der Waals surface area contributed by atoms with E-state index in [1.165, 1.54) is 0 Å². The minimum absolute atomic E-state index is 0.262. The lowest BCUT2D eigenvalue weighted by atomic mass is 10.2. The fourth-order valence-corrected chi connectivity index (χ4v) is 0.592. The van der Waals surface area contributed by atoms with E-state index in [9.17, 15) is 4.79 Å². The number of allylic oxidation sites excluding steroid dienone is 2. The molecule has 0 aromatic carbocycles. The molecule has 0 spiro atoms. The summed E-state index contributed by atoms with van der Waals surface area (Å²) in [4.78, 5) is 11.0. The average molecular weight is 166 g/mol. The first kappa shape index (κ1) is 10.7. The highest BCUT2D eigenvalue weighted by Crippen LogP contribution is 1.98. The summed E-state index contributed by atoms with van der Waals surface area (Å²) >= 11 is 0. The van der Waals surface area contributed by atoms with E-state index in [1.807, 2.05) is 0 Å². The van der Waals surface area contributed by atoms with Gasteiger partial charge in [0.15, 0.2) is 0 Å². The molecule has 0 heterocycles. The summed E-state index contributed by atoms with van der Waals surface area (Å²) in [5.74, 6) is -0.295. The summed E-state index contributed by atoms with van der Waals surface area (Å²) in [5, 5.41) is 0. The Bertz CT molecular complexity index is 202. The van der Waals surface area contributed by atoms with Crippen molar-refractivity contribution >= 4 is 5.97 Å². The van der Waals surface area contributed by atoms with E-state index in [0.29, 0.717) is 12.0 Å². The molecule has 0 aliphatic carbocycles. The van der Waals surface area contributed by atoms with Crippen LogP contribution in [0.25, 0.3) is 0 Å². The number of carbonyl (C=O) groups excluding carboxylic acids is 1. The van der Waals surface area contributed by atoms with E-state index in [1.54, 1.807) is 25.2 Å². The fraction of sp³-hybridized carbons (Fsp3) is 0.300. The second-order valence-corrected chi connectivity index (χ2v) is 2.30. The van der Waals surface area contributed by atoms with Gasteiger partial charge in [-0.1, -0.05) is 24.8 Å². The molecule has 2 nitrogen and oxygen atoms in total. The van der Waals surface area contributed by atoms with Crippen molar-refractivity contribution in [2.24, 2.45) is 0 Å². The molecule has 66 valence electrons. The van der Waals surface area contributed by atoms with Gasteiger partial charge in [0.25, 0.3) is 0 Å². The summed E-state index contributed by atoms with van der Waals surface area (Å²) in [7, 11) is 0. The number of esters is 1. The molecular weight excluding hydrogens is 152 g/mol. The summed E-state index contributed by atoms with van der Waals surface area (Å²) in [5.41, 5.74) is 0.608. The van der Waals surface area contributed by atoms with Gasteiger partial charge in [-0.05, 0) is 13.3 Å². The molecule has 0 amide bonds. The number of ether oxygens (including phenoxy) is 1. The molecule has 0 unspecified atom stereocenters. The average Bonchev–Trinajstić information content (AvgIpc) is 2.10. The molecule has 0 bridgehead atoms. The largest absolute Gasteiger partial charge is 0.458 e. The summed E-state index contributed by atoms with van der Waals surface area (Å²) in [6.07, 6.45) is 5.73. The Morgan fingerprint density at radius 3 is 2.58 bits per heavy atom. The topological polar surface area (TPSA) is 26.3 Å². The van der Waals surface area contributed by atoms with Gasteiger partial charge in [0, 0.05) is 5.57 Å². The van der Waals surface area contributed by atoms with E-state index < -0.39 is 0 Å². The third-order valence-corrected chi connectivity index (χ3v) is 1.24. The Kier molecular flexibility index (Phi) is 5.70. The van der Waals surface area contributed by atoms with E-state index in [4.69, 9.17) is 4.74 Å². The van der Waals surface area contributed by atoms with Gasteiger partial charge in [0.05, 0.1) is 0 Å². The molecule has 0 radical (unpaired) electrons. The third kappa shape index (κ3) is 4.50. The van der Waals surface area contributed by atoms with Gasteiger partial charge >= 0.3 is 5.97 Å². The van der Waals surface area contributed by atoms with Crippen LogP contribution in [0.3, 0.4) is 0 Å². The lowest BCUT2D eigenvalue weighted by Gasteiger charge is -2.00. The van der Waals surface area contributed by atoms with Gasteiger partial charge in [-0.25, -0.2) is 4.79 Å². The zero-order chi connectivity index (χ0) is 9.40. The van der Waals surface area contributed by atoms with Gasteiger partial charge in [0.1, 0.15) is 6.61 Å². The number of hydrogen-bond donors (Lipinski definition) is 0. The molecule has 0 aromatic heterocycles.